The summed E-state index contributed by atoms with van der Waals surface area (Å²) in [5, 5.41) is 13.1. The molecule has 0 aliphatic rings. The first kappa shape index (κ1) is 13.9. The summed E-state index contributed by atoms with van der Waals surface area (Å²) in [5.41, 5.74) is 2.72. The lowest BCUT2D eigenvalue weighted by molar-refractivity contribution is -0.131. The highest BCUT2D eigenvalue weighted by atomic mass is 16.5. The fourth-order valence-electron chi connectivity index (χ4n) is 1.90. The van der Waals surface area contributed by atoms with E-state index in [-0.39, 0.29) is 0 Å². The van der Waals surface area contributed by atoms with Crippen molar-refractivity contribution in [1.82, 2.24) is 9.78 Å². The highest BCUT2D eigenvalue weighted by molar-refractivity contribution is 5.85. The van der Waals surface area contributed by atoms with Gasteiger partial charge in [0.25, 0.3) is 0 Å². The lowest BCUT2D eigenvalue weighted by atomic mass is 10.1. The second-order valence-electron chi connectivity index (χ2n) is 4.39. The summed E-state index contributed by atoms with van der Waals surface area (Å²) in [7, 11) is 1.60. The number of rotatable bonds is 5. The van der Waals surface area contributed by atoms with Gasteiger partial charge >= 0.3 is 5.97 Å². The Bertz CT molecular complexity index is 644. The molecule has 1 N–H and O–H groups in total. The Labute approximate surface area is 117 Å². The lowest BCUT2D eigenvalue weighted by Crippen LogP contribution is -2.03. The molecule has 20 heavy (non-hydrogen) atoms. The van der Waals surface area contributed by atoms with Crippen molar-refractivity contribution in [1.29, 1.82) is 0 Å². The number of carboxylic acids is 1. The van der Waals surface area contributed by atoms with E-state index in [0.29, 0.717) is 6.54 Å². The van der Waals surface area contributed by atoms with Gasteiger partial charge in [0.1, 0.15) is 5.75 Å². The van der Waals surface area contributed by atoms with E-state index in [1.165, 1.54) is 0 Å². The van der Waals surface area contributed by atoms with Crippen molar-refractivity contribution in [2.24, 2.45) is 0 Å². The van der Waals surface area contributed by atoms with Gasteiger partial charge in [-0.15, -0.1) is 0 Å². The molecule has 0 bridgehead atoms. The van der Waals surface area contributed by atoms with Crippen molar-refractivity contribution in [2.75, 3.05) is 7.11 Å². The molecule has 0 aliphatic heterocycles. The molecule has 1 aromatic carbocycles. The third-order valence-electron chi connectivity index (χ3n) is 2.86. The molecule has 0 radical (unpaired) electrons. The zero-order valence-electron chi connectivity index (χ0n) is 11.4. The van der Waals surface area contributed by atoms with Crippen LogP contribution < -0.4 is 4.74 Å². The van der Waals surface area contributed by atoms with Gasteiger partial charge in [0, 0.05) is 12.3 Å². The lowest BCUT2D eigenvalue weighted by Gasteiger charge is -2.09. The van der Waals surface area contributed by atoms with Crippen LogP contribution in [0.15, 0.2) is 36.5 Å². The molecule has 2 rings (SSSR count). The summed E-state index contributed by atoms with van der Waals surface area (Å²) in [5.74, 6) is -0.238. The summed E-state index contributed by atoms with van der Waals surface area (Å²) < 4.78 is 7.02. The van der Waals surface area contributed by atoms with Gasteiger partial charge in [-0.2, -0.15) is 5.10 Å². The normalized spacial score (nSPS) is 10.9. The molecule has 1 aromatic heterocycles. The number of carboxylic acid groups (broad SMARTS) is 1. The van der Waals surface area contributed by atoms with Crippen molar-refractivity contribution in [2.45, 2.75) is 13.5 Å². The van der Waals surface area contributed by atoms with Gasteiger partial charge in [-0.05, 0) is 42.3 Å². The summed E-state index contributed by atoms with van der Waals surface area (Å²) in [4.78, 5) is 10.6. The van der Waals surface area contributed by atoms with Crippen LogP contribution in [0.3, 0.4) is 0 Å². The maximum absolute atomic E-state index is 10.6. The van der Waals surface area contributed by atoms with Crippen LogP contribution in [0.2, 0.25) is 0 Å². The number of hydrogen-bond donors (Lipinski definition) is 1. The summed E-state index contributed by atoms with van der Waals surface area (Å²) in [6.45, 7) is 2.48. The molecule has 104 valence electrons. The van der Waals surface area contributed by atoms with Crippen molar-refractivity contribution >= 4 is 12.0 Å². The molecule has 2 aromatic rings. The minimum absolute atomic E-state index is 0.560. The number of aryl methyl sites for hydroxylation is 1. The molecule has 5 heteroatoms. The van der Waals surface area contributed by atoms with E-state index in [2.05, 4.69) is 5.10 Å². The van der Waals surface area contributed by atoms with Gasteiger partial charge in [0.2, 0.25) is 0 Å². The number of aliphatic carboxylic acids is 1. The number of ether oxygens (including phenoxy) is 1. The van der Waals surface area contributed by atoms with E-state index >= 15 is 0 Å². The van der Waals surface area contributed by atoms with Gasteiger partial charge in [0.15, 0.2) is 0 Å². The molecule has 5 nitrogen and oxygen atoms in total. The molecular weight excluding hydrogens is 256 g/mol. The average Bonchev–Trinajstić information content (AvgIpc) is 2.82. The number of nitrogens with zero attached hydrogens (tertiary/aromatic N) is 2. The SMILES string of the molecule is COc1ccc(C=CC(=O)O)c(Cn2ccc(C)n2)c1. The molecule has 0 aliphatic carbocycles. The molecule has 0 saturated carbocycles. The zero-order chi connectivity index (χ0) is 14.5. The van der Waals surface area contributed by atoms with Crippen LogP contribution in [0, 0.1) is 6.92 Å². The monoisotopic (exact) mass is 272 g/mol. The van der Waals surface area contributed by atoms with Crippen LogP contribution >= 0.6 is 0 Å². The van der Waals surface area contributed by atoms with Crippen LogP contribution in [0.25, 0.3) is 6.08 Å². The molecule has 0 unspecified atom stereocenters. The third-order valence-corrected chi connectivity index (χ3v) is 2.86. The fraction of sp³-hybridized carbons (Fsp3) is 0.200. The second-order valence-corrected chi connectivity index (χ2v) is 4.39. The van der Waals surface area contributed by atoms with Gasteiger partial charge in [-0.25, -0.2) is 4.79 Å². The molecule has 0 fully saturated rings. The topological polar surface area (TPSA) is 64.3 Å². The number of benzene rings is 1. The summed E-state index contributed by atoms with van der Waals surface area (Å²) in [6.07, 6.45) is 4.59. The standard InChI is InChI=1S/C15H16N2O3/c1-11-7-8-17(16-11)10-13-9-14(20-2)5-3-12(13)4-6-15(18)19/h3-9H,10H2,1-2H3,(H,18,19). The minimum atomic E-state index is -0.971. The molecule has 1 heterocycles. The summed E-state index contributed by atoms with van der Waals surface area (Å²) in [6, 6.07) is 7.45. The Morgan fingerprint density at radius 3 is 2.85 bits per heavy atom. The Kier molecular flexibility index (Phi) is 4.20. The first-order valence-electron chi connectivity index (χ1n) is 6.16. The van der Waals surface area contributed by atoms with Crippen molar-refractivity contribution in [3.05, 3.63) is 53.4 Å². The number of aromatic nitrogens is 2. The van der Waals surface area contributed by atoms with Gasteiger partial charge in [-0.3, -0.25) is 4.68 Å². The van der Waals surface area contributed by atoms with Gasteiger partial charge < -0.3 is 9.84 Å². The van der Waals surface area contributed by atoms with Crippen LogP contribution in [-0.2, 0) is 11.3 Å². The smallest absolute Gasteiger partial charge is 0.328 e. The number of hydrogen-bond acceptors (Lipinski definition) is 3. The minimum Gasteiger partial charge on any atom is -0.497 e. The highest BCUT2D eigenvalue weighted by Crippen LogP contribution is 2.20. The van der Waals surface area contributed by atoms with E-state index in [0.717, 1.165) is 28.6 Å². The van der Waals surface area contributed by atoms with Crippen LogP contribution in [0.4, 0.5) is 0 Å². The third kappa shape index (κ3) is 3.47. The summed E-state index contributed by atoms with van der Waals surface area (Å²) >= 11 is 0. The van der Waals surface area contributed by atoms with Gasteiger partial charge in [-0.1, -0.05) is 6.07 Å². The van der Waals surface area contributed by atoms with Crippen molar-refractivity contribution < 1.29 is 14.6 Å². The van der Waals surface area contributed by atoms with E-state index in [4.69, 9.17) is 9.84 Å². The maximum Gasteiger partial charge on any atom is 0.328 e. The van der Waals surface area contributed by atoms with Crippen LogP contribution in [-0.4, -0.2) is 28.0 Å². The Morgan fingerprint density at radius 2 is 2.25 bits per heavy atom. The highest BCUT2D eigenvalue weighted by Gasteiger charge is 2.05. The predicted octanol–water partition coefficient (Wildman–Crippen LogP) is 2.35. The Hall–Kier alpha value is -2.56. The van der Waals surface area contributed by atoms with E-state index in [1.54, 1.807) is 19.3 Å². The van der Waals surface area contributed by atoms with E-state index < -0.39 is 5.97 Å². The van der Waals surface area contributed by atoms with Crippen molar-refractivity contribution in [3.8, 4) is 5.75 Å². The van der Waals surface area contributed by atoms with Crippen LogP contribution in [0.1, 0.15) is 16.8 Å². The predicted molar refractivity (Wildman–Crippen MR) is 75.7 cm³/mol. The average molecular weight is 272 g/mol. The van der Waals surface area contributed by atoms with E-state index in [1.807, 2.05) is 36.0 Å². The van der Waals surface area contributed by atoms with Crippen molar-refractivity contribution in [3.63, 3.8) is 0 Å². The second kappa shape index (κ2) is 6.06. The van der Waals surface area contributed by atoms with E-state index in [9.17, 15) is 4.79 Å². The van der Waals surface area contributed by atoms with Gasteiger partial charge in [0.05, 0.1) is 19.3 Å². The quantitative estimate of drug-likeness (QED) is 0.848. The molecule has 0 amide bonds. The Morgan fingerprint density at radius 1 is 1.45 bits per heavy atom. The van der Waals surface area contributed by atoms with Crippen LogP contribution in [0.5, 0.6) is 5.75 Å². The zero-order valence-corrected chi connectivity index (χ0v) is 11.4. The first-order chi connectivity index (χ1) is 9.58. The molecule has 0 saturated heterocycles. The number of methoxy groups -OCH3 is 1. The fourth-order valence-corrected chi connectivity index (χ4v) is 1.90. The maximum atomic E-state index is 10.6. The Balaban J connectivity index is 2.34. The molecule has 0 spiro atoms. The number of carbonyl (C=O) groups is 1. The molecular formula is C15H16N2O3. The molecule has 0 atom stereocenters. The largest absolute Gasteiger partial charge is 0.497 e. The first-order valence-corrected chi connectivity index (χ1v) is 6.16.